The summed E-state index contributed by atoms with van der Waals surface area (Å²) >= 11 is 0. The third-order valence-corrected chi connectivity index (χ3v) is 6.25. The van der Waals surface area contributed by atoms with Crippen LogP contribution in [0.4, 0.5) is 10.5 Å². The summed E-state index contributed by atoms with van der Waals surface area (Å²) in [6.45, 7) is 1.42. The Balaban J connectivity index is 1.62. The summed E-state index contributed by atoms with van der Waals surface area (Å²) in [7, 11) is -0.350. The van der Waals surface area contributed by atoms with Gasteiger partial charge in [-0.1, -0.05) is 0 Å². The van der Waals surface area contributed by atoms with Gasteiger partial charge in [0.05, 0.1) is 13.3 Å². The second-order valence-corrected chi connectivity index (χ2v) is 8.19. The molecule has 3 rings (SSSR count). The number of nitrogens with zero attached hydrogens (tertiary/aromatic N) is 4. The van der Waals surface area contributed by atoms with Crippen LogP contribution in [-0.2, 0) is 17.1 Å². The third-order valence-electron chi connectivity index (χ3n) is 4.40. The van der Waals surface area contributed by atoms with Gasteiger partial charge in [-0.25, -0.2) is 13.2 Å². The summed E-state index contributed by atoms with van der Waals surface area (Å²) in [5.74, 6) is 0.707. The van der Waals surface area contributed by atoms with Gasteiger partial charge in [0.15, 0.2) is 0 Å². The van der Waals surface area contributed by atoms with Crippen LogP contribution in [0.1, 0.15) is 6.42 Å². The topological polar surface area (TPSA) is 96.8 Å². The van der Waals surface area contributed by atoms with E-state index >= 15 is 0 Å². The van der Waals surface area contributed by atoms with Crippen LogP contribution in [0, 0.1) is 0 Å². The summed E-state index contributed by atoms with van der Waals surface area (Å²) in [6, 6.07) is 6.79. The Labute approximate surface area is 158 Å². The van der Waals surface area contributed by atoms with Crippen LogP contribution < -0.4 is 10.1 Å². The van der Waals surface area contributed by atoms with Crippen molar-refractivity contribution in [2.75, 3.05) is 38.6 Å². The van der Waals surface area contributed by atoms with Crippen molar-refractivity contribution in [3.8, 4) is 5.75 Å². The molecule has 1 aliphatic heterocycles. The van der Waals surface area contributed by atoms with Gasteiger partial charge >= 0.3 is 6.03 Å². The average molecular weight is 393 g/mol. The van der Waals surface area contributed by atoms with Gasteiger partial charge in [0.1, 0.15) is 10.6 Å². The van der Waals surface area contributed by atoms with Crippen LogP contribution >= 0.6 is 0 Å². The van der Waals surface area contributed by atoms with E-state index in [1.54, 1.807) is 43.3 Å². The first kappa shape index (κ1) is 19.2. The fourth-order valence-corrected chi connectivity index (χ4v) is 4.35. The maximum atomic E-state index is 12.7. The predicted molar refractivity (Wildman–Crippen MR) is 100 cm³/mol. The summed E-state index contributed by atoms with van der Waals surface area (Å²) in [5.41, 5.74) is 0.657. The minimum absolute atomic E-state index is 0.168. The van der Waals surface area contributed by atoms with Crippen molar-refractivity contribution in [1.29, 1.82) is 0 Å². The highest BCUT2D eigenvalue weighted by atomic mass is 32.2. The minimum Gasteiger partial charge on any atom is -0.497 e. The fourth-order valence-electron chi connectivity index (χ4n) is 2.90. The van der Waals surface area contributed by atoms with E-state index < -0.39 is 10.0 Å². The smallest absolute Gasteiger partial charge is 0.321 e. The Morgan fingerprint density at radius 1 is 1.15 bits per heavy atom. The zero-order valence-electron chi connectivity index (χ0n) is 15.3. The number of hydrogen-bond donors (Lipinski definition) is 1. The first-order chi connectivity index (χ1) is 12.9. The molecule has 10 heteroatoms. The summed E-state index contributed by atoms with van der Waals surface area (Å²) in [4.78, 5) is 14.3. The van der Waals surface area contributed by atoms with Crippen LogP contribution in [0.3, 0.4) is 0 Å². The summed E-state index contributed by atoms with van der Waals surface area (Å²) < 4.78 is 33.4. The van der Waals surface area contributed by atoms with Crippen molar-refractivity contribution in [1.82, 2.24) is 19.0 Å². The second-order valence-electron chi connectivity index (χ2n) is 6.25. The molecule has 0 bridgehead atoms. The van der Waals surface area contributed by atoms with Crippen LogP contribution in [0.15, 0.2) is 41.6 Å². The van der Waals surface area contributed by atoms with Crippen molar-refractivity contribution in [2.45, 2.75) is 11.3 Å². The number of carbonyl (C=O) groups is 1. The fraction of sp³-hybridized carbons (Fsp3) is 0.412. The molecule has 0 radical (unpaired) electrons. The molecule has 1 aromatic carbocycles. The number of sulfonamides is 1. The van der Waals surface area contributed by atoms with Crippen LogP contribution in [-0.4, -0.2) is 66.7 Å². The quantitative estimate of drug-likeness (QED) is 0.846. The highest BCUT2D eigenvalue weighted by molar-refractivity contribution is 7.89. The molecular weight excluding hydrogens is 370 g/mol. The molecule has 2 heterocycles. The van der Waals surface area contributed by atoms with Gasteiger partial charge in [-0.2, -0.15) is 9.40 Å². The number of methoxy groups -OCH3 is 1. The minimum atomic E-state index is -3.60. The molecule has 146 valence electrons. The number of urea groups is 1. The molecule has 1 saturated heterocycles. The molecule has 1 N–H and O–H groups in total. The zero-order chi connectivity index (χ0) is 19.4. The van der Waals surface area contributed by atoms with Gasteiger partial charge < -0.3 is 15.0 Å². The monoisotopic (exact) mass is 393 g/mol. The average Bonchev–Trinajstić information content (AvgIpc) is 2.94. The van der Waals surface area contributed by atoms with Crippen molar-refractivity contribution >= 4 is 21.7 Å². The maximum absolute atomic E-state index is 12.7. The number of amides is 2. The number of hydrogen-bond acceptors (Lipinski definition) is 5. The van der Waals surface area contributed by atoms with Gasteiger partial charge in [-0.15, -0.1) is 0 Å². The largest absolute Gasteiger partial charge is 0.497 e. The number of aryl methyl sites for hydroxylation is 1. The number of nitrogens with one attached hydrogen (secondary N) is 1. The Morgan fingerprint density at radius 2 is 1.89 bits per heavy atom. The van der Waals surface area contributed by atoms with Crippen LogP contribution in [0.5, 0.6) is 5.75 Å². The molecule has 27 heavy (non-hydrogen) atoms. The summed E-state index contributed by atoms with van der Waals surface area (Å²) in [6.07, 6.45) is 3.39. The Bertz CT molecular complexity index is 894. The standard InChI is InChI=1S/C17H23N5O4S/c1-20-13-16(12-18-20)27(24,25)22-9-3-8-21(10-11-22)17(23)19-14-4-6-15(26-2)7-5-14/h4-7,12-13H,3,8-11H2,1-2H3,(H,19,23). The van der Waals surface area contributed by atoms with E-state index in [1.807, 2.05) is 0 Å². The van der Waals surface area contributed by atoms with Gasteiger partial charge in [0, 0.05) is 45.1 Å². The molecule has 9 nitrogen and oxygen atoms in total. The molecule has 1 aromatic heterocycles. The van der Waals surface area contributed by atoms with Crippen LogP contribution in [0.2, 0.25) is 0 Å². The number of rotatable bonds is 4. The molecule has 1 fully saturated rings. The maximum Gasteiger partial charge on any atom is 0.321 e. The van der Waals surface area contributed by atoms with E-state index in [0.717, 1.165) is 0 Å². The normalized spacial score (nSPS) is 16.0. The molecule has 0 spiro atoms. The molecule has 0 unspecified atom stereocenters. The first-order valence-electron chi connectivity index (χ1n) is 8.59. The van der Waals surface area contributed by atoms with Crippen molar-refractivity contribution in [3.05, 3.63) is 36.7 Å². The molecule has 0 saturated carbocycles. The lowest BCUT2D eigenvalue weighted by atomic mass is 10.3. The molecule has 0 atom stereocenters. The lowest BCUT2D eigenvalue weighted by Crippen LogP contribution is -2.39. The Kier molecular flexibility index (Phi) is 5.66. The molecular formula is C17H23N5O4S. The number of carbonyl (C=O) groups excluding carboxylic acids is 1. The van der Waals surface area contributed by atoms with E-state index in [2.05, 4.69) is 10.4 Å². The van der Waals surface area contributed by atoms with Crippen LogP contribution in [0.25, 0.3) is 0 Å². The highest BCUT2D eigenvalue weighted by Crippen LogP contribution is 2.18. The number of ether oxygens (including phenoxy) is 1. The Hall–Kier alpha value is -2.59. The number of aromatic nitrogens is 2. The van der Waals surface area contributed by atoms with Crippen molar-refractivity contribution in [2.24, 2.45) is 7.05 Å². The highest BCUT2D eigenvalue weighted by Gasteiger charge is 2.29. The summed E-state index contributed by atoms with van der Waals surface area (Å²) in [5, 5.41) is 6.76. The van der Waals surface area contributed by atoms with Gasteiger partial charge in [-0.3, -0.25) is 4.68 Å². The lowest BCUT2D eigenvalue weighted by molar-refractivity contribution is 0.214. The van der Waals surface area contributed by atoms with Gasteiger partial charge in [0.25, 0.3) is 0 Å². The molecule has 2 aromatic rings. The molecule has 2 amide bonds. The SMILES string of the molecule is COc1ccc(NC(=O)N2CCCN(S(=O)(=O)c3cnn(C)c3)CC2)cc1. The third kappa shape index (κ3) is 4.40. The van der Waals surface area contributed by atoms with Gasteiger partial charge in [0.2, 0.25) is 10.0 Å². The van der Waals surface area contributed by atoms with E-state index in [9.17, 15) is 13.2 Å². The molecule has 0 aliphatic carbocycles. The van der Waals surface area contributed by atoms with E-state index in [1.165, 1.54) is 21.4 Å². The van der Waals surface area contributed by atoms with E-state index in [0.29, 0.717) is 37.5 Å². The molecule has 1 aliphatic rings. The van der Waals surface area contributed by atoms with Crippen molar-refractivity contribution in [3.63, 3.8) is 0 Å². The number of anilines is 1. The first-order valence-corrected chi connectivity index (χ1v) is 10.0. The lowest BCUT2D eigenvalue weighted by Gasteiger charge is -2.22. The second kappa shape index (κ2) is 7.97. The van der Waals surface area contributed by atoms with E-state index in [-0.39, 0.29) is 17.5 Å². The zero-order valence-corrected chi connectivity index (χ0v) is 16.1. The number of benzene rings is 1. The Morgan fingerprint density at radius 3 is 2.52 bits per heavy atom. The van der Waals surface area contributed by atoms with Crippen molar-refractivity contribution < 1.29 is 17.9 Å². The van der Waals surface area contributed by atoms with E-state index in [4.69, 9.17) is 4.74 Å². The van der Waals surface area contributed by atoms with Gasteiger partial charge in [-0.05, 0) is 30.7 Å². The predicted octanol–water partition coefficient (Wildman–Crippen LogP) is 1.36.